The van der Waals surface area contributed by atoms with Gasteiger partial charge < -0.3 is 14.5 Å². The third-order valence-electron chi connectivity index (χ3n) is 6.42. The highest BCUT2D eigenvalue weighted by molar-refractivity contribution is 7.16. The molecule has 6 nitrogen and oxygen atoms in total. The van der Waals surface area contributed by atoms with Crippen molar-refractivity contribution in [3.63, 3.8) is 0 Å². The maximum Gasteiger partial charge on any atom is 0.338 e. The zero-order valence-electron chi connectivity index (χ0n) is 21.7. The molecule has 4 aromatic rings. The summed E-state index contributed by atoms with van der Waals surface area (Å²) in [5.41, 5.74) is 4.85. The van der Waals surface area contributed by atoms with E-state index in [1.54, 1.807) is 23.6 Å². The summed E-state index contributed by atoms with van der Waals surface area (Å²) in [7, 11) is 0. The Morgan fingerprint density at radius 3 is 2.61 bits per heavy atom. The van der Waals surface area contributed by atoms with Crippen LogP contribution >= 0.6 is 11.3 Å². The number of para-hydroxylation sites is 1. The molecule has 1 aliphatic carbocycles. The number of benzene rings is 2. The molecule has 0 saturated heterocycles. The van der Waals surface area contributed by atoms with E-state index in [2.05, 4.69) is 5.32 Å². The van der Waals surface area contributed by atoms with Crippen LogP contribution in [0.25, 0.3) is 11.3 Å². The molecule has 194 valence electrons. The molecule has 0 atom stereocenters. The van der Waals surface area contributed by atoms with Crippen LogP contribution in [0.4, 0.5) is 10.7 Å². The second-order valence-corrected chi connectivity index (χ2v) is 10.7. The number of amides is 1. The lowest BCUT2D eigenvalue weighted by Crippen LogP contribution is -2.14. The molecule has 1 aliphatic rings. The van der Waals surface area contributed by atoms with Crippen LogP contribution in [0.2, 0.25) is 0 Å². The van der Waals surface area contributed by atoms with Gasteiger partial charge in [0.25, 0.3) is 5.91 Å². The van der Waals surface area contributed by atoms with Crippen LogP contribution < -0.4 is 5.32 Å². The highest BCUT2D eigenvalue weighted by Crippen LogP contribution is 2.40. The van der Waals surface area contributed by atoms with E-state index >= 15 is 0 Å². The van der Waals surface area contributed by atoms with Crippen molar-refractivity contribution in [1.82, 2.24) is 0 Å². The molecule has 0 fully saturated rings. The SMILES string of the molecule is Cc1cc(C(=O)OC(C)C)ccc1-c1ccc(C=Nc2sc3c(c2C(=O)Nc2ccccc2)CCCC3)o1. The predicted octanol–water partition coefficient (Wildman–Crippen LogP) is 7.76. The van der Waals surface area contributed by atoms with Crippen molar-refractivity contribution in [2.75, 3.05) is 5.32 Å². The monoisotopic (exact) mass is 526 g/mol. The molecule has 0 saturated carbocycles. The van der Waals surface area contributed by atoms with E-state index in [0.717, 1.165) is 48.1 Å². The smallest absolute Gasteiger partial charge is 0.338 e. The molecule has 1 amide bonds. The number of aliphatic imine (C=N–C) groups is 1. The molecule has 0 bridgehead atoms. The van der Waals surface area contributed by atoms with Gasteiger partial charge in [0.2, 0.25) is 0 Å². The van der Waals surface area contributed by atoms with E-state index in [0.29, 0.717) is 27.6 Å². The first-order valence-electron chi connectivity index (χ1n) is 12.9. The van der Waals surface area contributed by atoms with Gasteiger partial charge in [-0.15, -0.1) is 11.3 Å². The zero-order valence-corrected chi connectivity index (χ0v) is 22.6. The average molecular weight is 527 g/mol. The summed E-state index contributed by atoms with van der Waals surface area (Å²) in [6, 6.07) is 18.7. The van der Waals surface area contributed by atoms with Crippen LogP contribution in [0.15, 0.2) is 70.1 Å². The van der Waals surface area contributed by atoms with Crippen molar-refractivity contribution in [1.29, 1.82) is 0 Å². The Hall–Kier alpha value is -3.97. The van der Waals surface area contributed by atoms with Crippen molar-refractivity contribution < 1.29 is 18.7 Å². The van der Waals surface area contributed by atoms with E-state index in [9.17, 15) is 9.59 Å². The summed E-state index contributed by atoms with van der Waals surface area (Å²) in [4.78, 5) is 31.5. The Morgan fingerprint density at radius 2 is 1.84 bits per heavy atom. The van der Waals surface area contributed by atoms with Crippen molar-refractivity contribution in [2.24, 2.45) is 4.99 Å². The summed E-state index contributed by atoms with van der Waals surface area (Å²) < 4.78 is 11.4. The lowest BCUT2D eigenvalue weighted by molar-refractivity contribution is 0.0377. The van der Waals surface area contributed by atoms with Gasteiger partial charge in [-0.25, -0.2) is 9.79 Å². The molecule has 2 aromatic heterocycles. The Kier molecular flexibility index (Phi) is 7.56. The topological polar surface area (TPSA) is 80.9 Å². The van der Waals surface area contributed by atoms with Crippen molar-refractivity contribution in [2.45, 2.75) is 52.6 Å². The molecule has 0 radical (unpaired) electrons. The summed E-state index contributed by atoms with van der Waals surface area (Å²) in [6.45, 7) is 5.59. The number of furan rings is 1. The Morgan fingerprint density at radius 1 is 1.05 bits per heavy atom. The summed E-state index contributed by atoms with van der Waals surface area (Å²) in [6.07, 6.45) is 5.58. The zero-order chi connectivity index (χ0) is 26.6. The second kappa shape index (κ2) is 11.2. The number of hydrogen-bond acceptors (Lipinski definition) is 6. The molecule has 0 aliphatic heterocycles. The number of esters is 1. The quantitative estimate of drug-likeness (QED) is 0.197. The minimum absolute atomic E-state index is 0.130. The number of nitrogens with zero attached hydrogens (tertiary/aromatic N) is 1. The van der Waals surface area contributed by atoms with Gasteiger partial charge in [0.1, 0.15) is 16.5 Å². The largest absolute Gasteiger partial charge is 0.459 e. The van der Waals surface area contributed by atoms with Gasteiger partial charge in [-0.05, 0) is 94.0 Å². The standard InChI is InChI=1S/C31H30N2O4S/c1-19(2)36-31(35)21-13-15-24(20(3)17-21)26-16-14-23(37-26)18-32-30-28(25-11-7-8-12-27(25)38-30)29(34)33-22-9-5-4-6-10-22/h4-6,9-10,13-19H,7-8,11-12H2,1-3H3,(H,33,34). The molecule has 5 rings (SSSR count). The summed E-state index contributed by atoms with van der Waals surface area (Å²) in [5.74, 6) is 0.797. The molecule has 2 heterocycles. The van der Waals surface area contributed by atoms with Gasteiger partial charge in [-0.2, -0.15) is 0 Å². The molecule has 0 spiro atoms. The van der Waals surface area contributed by atoms with Crippen LogP contribution in [0, 0.1) is 6.92 Å². The summed E-state index contributed by atoms with van der Waals surface area (Å²) in [5, 5.41) is 3.73. The fourth-order valence-electron chi connectivity index (χ4n) is 4.63. The highest BCUT2D eigenvalue weighted by Gasteiger charge is 2.25. The van der Waals surface area contributed by atoms with Crippen LogP contribution in [-0.2, 0) is 17.6 Å². The van der Waals surface area contributed by atoms with Crippen LogP contribution in [0.3, 0.4) is 0 Å². The summed E-state index contributed by atoms with van der Waals surface area (Å²) >= 11 is 1.59. The highest BCUT2D eigenvalue weighted by atomic mass is 32.1. The fraction of sp³-hybridized carbons (Fsp3) is 0.258. The Balaban J connectivity index is 1.38. The number of thiophene rings is 1. The first kappa shape index (κ1) is 25.7. The van der Waals surface area contributed by atoms with Gasteiger partial charge in [0.05, 0.1) is 23.4 Å². The van der Waals surface area contributed by atoms with Gasteiger partial charge >= 0.3 is 5.97 Å². The number of carbonyl (C=O) groups excluding carboxylic acids is 2. The third-order valence-corrected chi connectivity index (χ3v) is 7.62. The minimum Gasteiger partial charge on any atom is -0.459 e. The maximum absolute atomic E-state index is 13.3. The van der Waals surface area contributed by atoms with Crippen LogP contribution in [-0.4, -0.2) is 24.2 Å². The van der Waals surface area contributed by atoms with E-state index in [4.69, 9.17) is 14.1 Å². The number of ether oxygens (including phenoxy) is 1. The molecule has 2 aromatic carbocycles. The van der Waals surface area contributed by atoms with E-state index in [1.165, 1.54) is 4.88 Å². The van der Waals surface area contributed by atoms with Crippen LogP contribution in [0.5, 0.6) is 0 Å². The number of nitrogens with one attached hydrogen (secondary N) is 1. The minimum atomic E-state index is -0.340. The molecular formula is C31H30N2O4S. The van der Waals surface area contributed by atoms with E-state index in [-0.39, 0.29) is 18.0 Å². The maximum atomic E-state index is 13.3. The lowest BCUT2D eigenvalue weighted by atomic mass is 9.95. The second-order valence-electron chi connectivity index (χ2n) is 9.66. The first-order chi connectivity index (χ1) is 18.4. The van der Waals surface area contributed by atoms with Gasteiger partial charge in [0, 0.05) is 16.1 Å². The van der Waals surface area contributed by atoms with E-state index < -0.39 is 0 Å². The predicted molar refractivity (Wildman–Crippen MR) is 152 cm³/mol. The van der Waals surface area contributed by atoms with E-state index in [1.807, 2.05) is 75.4 Å². The number of carbonyl (C=O) groups is 2. The normalized spacial score (nSPS) is 13.1. The molecular weight excluding hydrogens is 496 g/mol. The Bertz CT molecular complexity index is 1500. The number of fused-ring (bicyclic) bond motifs is 1. The number of anilines is 1. The third kappa shape index (κ3) is 5.63. The van der Waals surface area contributed by atoms with Gasteiger partial charge in [0.15, 0.2) is 0 Å². The number of rotatable bonds is 7. The number of aryl methyl sites for hydroxylation is 2. The molecule has 1 N–H and O–H groups in total. The van der Waals surface area contributed by atoms with Gasteiger partial charge in [-0.3, -0.25) is 4.79 Å². The lowest BCUT2D eigenvalue weighted by Gasteiger charge is -2.12. The van der Waals surface area contributed by atoms with Crippen molar-refractivity contribution in [3.8, 4) is 11.3 Å². The van der Waals surface area contributed by atoms with Crippen molar-refractivity contribution >= 4 is 40.1 Å². The molecule has 38 heavy (non-hydrogen) atoms. The fourth-order valence-corrected chi connectivity index (χ4v) is 5.86. The first-order valence-corrected chi connectivity index (χ1v) is 13.7. The molecule has 7 heteroatoms. The van der Waals surface area contributed by atoms with Crippen molar-refractivity contribution in [3.05, 3.63) is 93.6 Å². The van der Waals surface area contributed by atoms with Crippen LogP contribution in [0.1, 0.15) is 69.2 Å². The Labute approximate surface area is 226 Å². The average Bonchev–Trinajstić information content (AvgIpc) is 3.52. The molecule has 0 unspecified atom stereocenters. The number of hydrogen-bond donors (Lipinski definition) is 1. The van der Waals surface area contributed by atoms with Gasteiger partial charge in [-0.1, -0.05) is 24.3 Å².